The quantitative estimate of drug-likeness (QED) is 0.308. The fourth-order valence-electron chi connectivity index (χ4n) is 2.14. The molecule has 1 heterocycles. The van der Waals surface area contributed by atoms with Crippen LogP contribution in [0.25, 0.3) is 11.3 Å². The molecule has 3 nitrogen and oxygen atoms in total. The third-order valence-electron chi connectivity index (χ3n) is 3.30. The molecule has 3 rings (SSSR count). The molecule has 0 atom stereocenters. The van der Waals surface area contributed by atoms with Crippen LogP contribution in [0.1, 0.15) is 0 Å². The molecular weight excluding hydrogens is 579 g/mol. The molecule has 0 radical (unpaired) electrons. The van der Waals surface area contributed by atoms with Crippen LogP contribution in [-0.4, -0.2) is 16.6 Å². The first-order chi connectivity index (χ1) is 12.8. The minimum atomic E-state index is -0.186. The highest BCUT2D eigenvalue weighted by Gasteiger charge is 2.17. The monoisotopic (exact) mass is 584 g/mol. The lowest BCUT2D eigenvalue weighted by Crippen LogP contribution is -2.14. The van der Waals surface area contributed by atoms with Gasteiger partial charge in [-0.2, -0.15) is 0 Å². The van der Waals surface area contributed by atoms with Crippen molar-refractivity contribution in [1.29, 1.82) is 0 Å². The molecule has 3 aromatic rings. The number of hydrogen-bond acceptors (Lipinski definition) is 4. The minimum Gasteiger partial charge on any atom is -0.324 e. The Balaban J connectivity index is 1.74. The van der Waals surface area contributed by atoms with Crippen molar-refractivity contribution in [3.8, 4) is 11.3 Å². The van der Waals surface area contributed by atoms with Crippen LogP contribution in [0, 0.1) is 0 Å². The van der Waals surface area contributed by atoms with Gasteiger partial charge in [0, 0.05) is 19.5 Å². The van der Waals surface area contributed by atoms with E-state index in [1.54, 1.807) is 18.2 Å². The number of hydrogen-bond donors (Lipinski definition) is 1. The lowest BCUT2D eigenvalue weighted by Gasteiger charge is -2.08. The molecule has 0 spiro atoms. The first kappa shape index (κ1) is 21.4. The van der Waals surface area contributed by atoms with Gasteiger partial charge in [-0.05, 0) is 30.3 Å². The molecule has 10 heteroatoms. The zero-order chi connectivity index (χ0) is 19.6. The largest absolute Gasteiger partial charge is 0.324 e. The van der Waals surface area contributed by atoms with Gasteiger partial charge in [-0.1, -0.05) is 84.1 Å². The number of thioether (sulfide) groups is 1. The number of anilines is 1. The third kappa shape index (κ3) is 5.63. The van der Waals surface area contributed by atoms with Gasteiger partial charge in [0.1, 0.15) is 0 Å². The smallest absolute Gasteiger partial charge is 0.234 e. The van der Waals surface area contributed by atoms with Gasteiger partial charge < -0.3 is 5.32 Å². The molecule has 27 heavy (non-hydrogen) atoms. The summed E-state index contributed by atoms with van der Waals surface area (Å²) < 4.78 is 3.12. The summed E-state index contributed by atoms with van der Waals surface area (Å²) in [5.41, 5.74) is 2.17. The number of nitrogens with zero attached hydrogens (tertiary/aromatic N) is 1. The first-order valence-electron chi connectivity index (χ1n) is 7.33. The van der Waals surface area contributed by atoms with Crippen LogP contribution in [0.4, 0.5) is 5.69 Å². The van der Waals surface area contributed by atoms with Crippen molar-refractivity contribution in [2.24, 2.45) is 0 Å². The highest BCUT2D eigenvalue weighted by Crippen LogP contribution is 2.41. The van der Waals surface area contributed by atoms with Gasteiger partial charge in [0.05, 0.1) is 26.4 Å². The second-order valence-electron chi connectivity index (χ2n) is 5.19. The van der Waals surface area contributed by atoms with Gasteiger partial charge in [0.25, 0.3) is 0 Å². The Morgan fingerprint density at radius 3 is 2.63 bits per heavy atom. The molecule has 1 aromatic heterocycles. The van der Waals surface area contributed by atoms with E-state index in [4.69, 9.17) is 34.8 Å². The van der Waals surface area contributed by atoms with Gasteiger partial charge in [-0.15, -0.1) is 11.8 Å². The molecule has 0 aliphatic rings. The number of halogens is 5. The summed E-state index contributed by atoms with van der Waals surface area (Å²) in [6, 6.07) is 10.7. The summed E-state index contributed by atoms with van der Waals surface area (Å²) in [5.74, 6) is 0.00749. The normalized spacial score (nSPS) is 10.9. The predicted octanol–water partition coefficient (Wildman–Crippen LogP) is 8.03. The molecular formula is C17H9Br2Cl3N2OS2. The van der Waals surface area contributed by atoms with Crippen molar-refractivity contribution in [2.75, 3.05) is 11.1 Å². The molecule has 0 bridgehead atoms. The van der Waals surface area contributed by atoms with E-state index < -0.39 is 0 Å². The zero-order valence-electron chi connectivity index (χ0n) is 13.2. The second-order valence-corrected chi connectivity index (χ2v) is 10.6. The van der Waals surface area contributed by atoms with Gasteiger partial charge >= 0.3 is 0 Å². The summed E-state index contributed by atoms with van der Waals surface area (Å²) in [6.45, 7) is 0. The second kappa shape index (κ2) is 9.48. The van der Waals surface area contributed by atoms with Crippen LogP contribution >= 0.6 is 89.8 Å². The topological polar surface area (TPSA) is 42.0 Å². The third-order valence-corrected chi connectivity index (χ3v) is 7.41. The van der Waals surface area contributed by atoms with E-state index in [0.717, 1.165) is 24.4 Å². The van der Waals surface area contributed by atoms with Crippen LogP contribution in [0.5, 0.6) is 0 Å². The van der Waals surface area contributed by atoms with E-state index in [9.17, 15) is 4.79 Å². The van der Waals surface area contributed by atoms with Gasteiger partial charge in [0.2, 0.25) is 5.91 Å². The number of nitrogens with one attached hydrogen (secondary N) is 1. The van der Waals surface area contributed by atoms with Crippen LogP contribution < -0.4 is 5.32 Å². The van der Waals surface area contributed by atoms with Crippen LogP contribution in [0.15, 0.2) is 49.6 Å². The van der Waals surface area contributed by atoms with E-state index in [1.165, 1.54) is 23.1 Å². The highest BCUT2D eigenvalue weighted by molar-refractivity contribution is 9.11. The molecule has 1 amide bonds. The number of thiazole rings is 1. The summed E-state index contributed by atoms with van der Waals surface area (Å²) >= 11 is 27.8. The maximum absolute atomic E-state index is 12.3. The number of aromatic nitrogens is 1. The maximum Gasteiger partial charge on any atom is 0.234 e. The summed E-state index contributed by atoms with van der Waals surface area (Å²) in [6.07, 6.45) is 0. The Labute approximate surface area is 196 Å². The highest BCUT2D eigenvalue weighted by atomic mass is 79.9. The molecule has 0 aliphatic heterocycles. The van der Waals surface area contributed by atoms with Crippen LogP contribution in [-0.2, 0) is 4.79 Å². The van der Waals surface area contributed by atoms with E-state index >= 15 is 0 Å². The van der Waals surface area contributed by atoms with Crippen molar-refractivity contribution in [3.63, 3.8) is 0 Å². The molecule has 0 saturated carbocycles. The Morgan fingerprint density at radius 2 is 1.93 bits per heavy atom. The Bertz CT molecular complexity index is 1010. The van der Waals surface area contributed by atoms with Crippen molar-refractivity contribution >= 4 is 101 Å². The molecule has 140 valence electrons. The van der Waals surface area contributed by atoms with Gasteiger partial charge in [-0.25, -0.2) is 4.98 Å². The molecule has 1 N–H and O–H groups in total. The SMILES string of the molecule is O=C(CSc1sc(Cl)nc1-c1ccc(Br)cc1Br)Nc1ccc(Cl)cc1Cl. The fourth-order valence-corrected chi connectivity index (χ4v) is 6.10. The van der Waals surface area contributed by atoms with E-state index in [2.05, 4.69) is 42.2 Å². The van der Waals surface area contributed by atoms with Gasteiger partial charge in [0.15, 0.2) is 4.47 Å². The van der Waals surface area contributed by atoms with Crippen molar-refractivity contribution in [2.45, 2.75) is 4.21 Å². The Morgan fingerprint density at radius 1 is 1.15 bits per heavy atom. The van der Waals surface area contributed by atoms with Crippen LogP contribution in [0.3, 0.4) is 0 Å². The van der Waals surface area contributed by atoms with Crippen LogP contribution in [0.2, 0.25) is 14.5 Å². The molecule has 0 saturated heterocycles. The number of amides is 1. The van der Waals surface area contributed by atoms with E-state index in [1.807, 2.05) is 18.2 Å². The molecule has 0 fully saturated rings. The molecule has 0 aliphatic carbocycles. The van der Waals surface area contributed by atoms with Crippen molar-refractivity contribution in [3.05, 3.63) is 59.9 Å². The molecule has 2 aromatic carbocycles. The predicted molar refractivity (Wildman–Crippen MR) is 124 cm³/mol. The summed E-state index contributed by atoms with van der Waals surface area (Å²) in [5, 5.41) is 3.68. The van der Waals surface area contributed by atoms with Gasteiger partial charge in [-0.3, -0.25) is 4.79 Å². The average Bonchev–Trinajstić information content (AvgIpc) is 2.96. The number of carbonyl (C=O) groups is 1. The fraction of sp³-hybridized carbons (Fsp3) is 0.0588. The summed E-state index contributed by atoms with van der Waals surface area (Å²) in [4.78, 5) is 16.7. The Kier molecular flexibility index (Phi) is 7.52. The number of carbonyl (C=O) groups excluding carboxylic acids is 1. The van der Waals surface area contributed by atoms with Crippen molar-refractivity contribution in [1.82, 2.24) is 4.98 Å². The summed E-state index contributed by atoms with van der Waals surface area (Å²) in [7, 11) is 0. The van der Waals surface area contributed by atoms with Crippen molar-refractivity contribution < 1.29 is 4.79 Å². The number of benzene rings is 2. The van der Waals surface area contributed by atoms with E-state index in [0.29, 0.717) is 20.2 Å². The average molecular weight is 588 g/mol. The zero-order valence-corrected chi connectivity index (χ0v) is 20.3. The maximum atomic E-state index is 12.3. The Hall–Kier alpha value is -0.280. The lowest BCUT2D eigenvalue weighted by molar-refractivity contribution is -0.113. The minimum absolute atomic E-state index is 0.186. The number of rotatable bonds is 5. The standard InChI is InChI=1S/C17H9Br2Cl3N2OS2/c18-8-1-3-10(11(19)5-8)15-16(27-17(22)24-15)26-7-14(25)23-13-4-2-9(20)6-12(13)21/h1-6H,7H2,(H,23,25). The molecule has 0 unspecified atom stereocenters. The first-order valence-corrected chi connectivity index (χ1v) is 11.8. The lowest BCUT2D eigenvalue weighted by atomic mass is 10.2. The van der Waals surface area contributed by atoms with E-state index in [-0.39, 0.29) is 11.7 Å².